The Morgan fingerprint density at radius 2 is 1.52 bits per heavy atom. The Bertz CT molecular complexity index is 1810. The van der Waals surface area contributed by atoms with Gasteiger partial charge in [-0.15, -0.1) is 53.2 Å². The molecule has 0 spiro atoms. The average molecular weight is 747 g/mol. The summed E-state index contributed by atoms with van der Waals surface area (Å²) in [6.07, 6.45) is 3.85. The van der Waals surface area contributed by atoms with E-state index in [1.54, 1.807) is 0 Å². The molecule has 3 aromatic heterocycles. The maximum Gasteiger partial charge on any atom is 0.120 e. The maximum atomic E-state index is 6.38. The molecular weight excluding hydrogens is 709 g/mol. The van der Waals surface area contributed by atoms with Crippen LogP contribution in [0.4, 0.5) is 0 Å². The van der Waals surface area contributed by atoms with Gasteiger partial charge in [0.2, 0.25) is 0 Å². The smallest absolute Gasteiger partial charge is 0.120 e. The maximum absolute atomic E-state index is 6.38. The standard InChI is InChI=1S/C25H28NOSi.C12H10N.Ir/c1-16-15-26-20(14-19(16)25(2,3)4)17-12-13-22(28(5,6)7)23-18-10-8-9-11-21(18)27-24(17)23;1-10-7-8-12(13-9-10)11-5-3-2-4-6-11;/h8-11,13-15H,1-7H3;2-5,7-9H,1H3;/q2*-1;. The van der Waals surface area contributed by atoms with Gasteiger partial charge in [-0.05, 0) is 53.4 Å². The van der Waals surface area contributed by atoms with Crippen LogP contribution in [0.1, 0.15) is 37.5 Å². The molecule has 1 radical (unpaired) electrons. The van der Waals surface area contributed by atoms with Crippen molar-refractivity contribution in [3.63, 3.8) is 0 Å². The van der Waals surface area contributed by atoms with Crippen LogP contribution >= 0.6 is 0 Å². The predicted molar refractivity (Wildman–Crippen MR) is 175 cm³/mol. The first kappa shape index (κ1) is 31.6. The molecule has 0 atom stereocenters. The fraction of sp³-hybridized carbons (Fsp3) is 0.243. The number of pyridine rings is 2. The van der Waals surface area contributed by atoms with Crippen LogP contribution in [0.2, 0.25) is 19.6 Å². The summed E-state index contributed by atoms with van der Waals surface area (Å²) in [4.78, 5) is 9.07. The molecule has 0 N–H and O–H groups in total. The molecule has 3 heterocycles. The Kier molecular flexibility index (Phi) is 9.37. The molecule has 217 valence electrons. The van der Waals surface area contributed by atoms with Crippen molar-refractivity contribution in [3.05, 3.63) is 114 Å². The van der Waals surface area contributed by atoms with Gasteiger partial charge in [-0.1, -0.05) is 87.8 Å². The van der Waals surface area contributed by atoms with Gasteiger partial charge in [0.1, 0.15) is 5.58 Å². The van der Waals surface area contributed by atoms with E-state index in [9.17, 15) is 0 Å². The first-order valence-electron chi connectivity index (χ1n) is 14.2. The SMILES string of the molecule is Cc1ccc(-c2[c-]cccc2)nc1.Cc1cnc(-c2[c-]cc([Si](C)(C)C)c3c2oc2ccccc23)cc1C(C)(C)C.[Ir]. The van der Waals surface area contributed by atoms with Gasteiger partial charge in [0.25, 0.3) is 0 Å². The van der Waals surface area contributed by atoms with Gasteiger partial charge in [-0.3, -0.25) is 0 Å². The van der Waals surface area contributed by atoms with Crippen LogP contribution in [-0.2, 0) is 25.5 Å². The topological polar surface area (TPSA) is 38.9 Å². The third-order valence-corrected chi connectivity index (χ3v) is 9.33. The molecule has 42 heavy (non-hydrogen) atoms. The van der Waals surface area contributed by atoms with Crippen molar-refractivity contribution in [1.29, 1.82) is 0 Å². The molecule has 3 aromatic carbocycles. The Hall–Kier alpha value is -3.37. The summed E-state index contributed by atoms with van der Waals surface area (Å²) < 4.78 is 6.38. The van der Waals surface area contributed by atoms with E-state index in [1.165, 1.54) is 32.6 Å². The zero-order valence-electron chi connectivity index (χ0n) is 25.7. The molecule has 0 saturated heterocycles. The van der Waals surface area contributed by atoms with Gasteiger partial charge in [0.05, 0.1) is 5.58 Å². The monoisotopic (exact) mass is 747 g/mol. The van der Waals surface area contributed by atoms with E-state index in [4.69, 9.17) is 9.40 Å². The number of nitrogens with zero attached hydrogens (tertiary/aromatic N) is 2. The van der Waals surface area contributed by atoms with E-state index in [0.717, 1.165) is 33.7 Å². The molecule has 6 aromatic rings. The fourth-order valence-corrected chi connectivity index (χ4v) is 6.70. The summed E-state index contributed by atoms with van der Waals surface area (Å²) in [5.41, 5.74) is 9.53. The Balaban J connectivity index is 0.000000243. The molecule has 6 rings (SSSR count). The number of furan rings is 1. The number of rotatable bonds is 3. The Morgan fingerprint density at radius 1 is 0.810 bits per heavy atom. The van der Waals surface area contributed by atoms with Crippen molar-refractivity contribution >= 4 is 35.2 Å². The summed E-state index contributed by atoms with van der Waals surface area (Å²) in [6.45, 7) is 18.0. The van der Waals surface area contributed by atoms with E-state index in [2.05, 4.69) is 101 Å². The largest absolute Gasteiger partial charge is 0.501 e. The van der Waals surface area contributed by atoms with Gasteiger partial charge in [-0.2, -0.15) is 0 Å². The van der Waals surface area contributed by atoms with Gasteiger partial charge < -0.3 is 14.4 Å². The molecule has 5 heteroatoms. The number of fused-ring (bicyclic) bond motifs is 3. The van der Waals surface area contributed by atoms with Crippen molar-refractivity contribution in [2.24, 2.45) is 0 Å². The minimum Gasteiger partial charge on any atom is -0.501 e. The van der Waals surface area contributed by atoms with Gasteiger partial charge in [0.15, 0.2) is 0 Å². The van der Waals surface area contributed by atoms with Crippen LogP contribution in [-0.4, -0.2) is 18.0 Å². The summed E-state index contributed by atoms with van der Waals surface area (Å²) in [7, 11) is -1.56. The number of benzene rings is 3. The number of hydrogen-bond acceptors (Lipinski definition) is 3. The van der Waals surface area contributed by atoms with Crippen LogP contribution in [0.3, 0.4) is 0 Å². The molecule has 0 aliphatic rings. The zero-order chi connectivity index (χ0) is 29.4. The number of hydrogen-bond donors (Lipinski definition) is 0. The normalized spacial score (nSPS) is 11.6. The van der Waals surface area contributed by atoms with E-state index in [-0.39, 0.29) is 25.5 Å². The molecule has 0 saturated carbocycles. The van der Waals surface area contributed by atoms with Crippen LogP contribution < -0.4 is 5.19 Å². The second-order valence-electron chi connectivity index (χ2n) is 12.8. The average Bonchev–Trinajstić information content (AvgIpc) is 3.33. The van der Waals surface area contributed by atoms with Crippen LogP contribution in [0.25, 0.3) is 44.5 Å². The third-order valence-electron chi connectivity index (χ3n) is 7.32. The van der Waals surface area contributed by atoms with Crippen molar-refractivity contribution in [2.45, 2.75) is 59.7 Å². The van der Waals surface area contributed by atoms with Gasteiger partial charge >= 0.3 is 0 Å². The molecule has 0 bridgehead atoms. The van der Waals surface area contributed by atoms with E-state index in [0.29, 0.717) is 0 Å². The summed E-state index contributed by atoms with van der Waals surface area (Å²) in [6, 6.07) is 31.3. The molecule has 0 unspecified atom stereocenters. The van der Waals surface area contributed by atoms with Crippen LogP contribution in [0.5, 0.6) is 0 Å². The first-order valence-corrected chi connectivity index (χ1v) is 17.7. The van der Waals surface area contributed by atoms with Crippen molar-refractivity contribution in [3.8, 4) is 22.5 Å². The Labute approximate surface area is 264 Å². The van der Waals surface area contributed by atoms with E-state index >= 15 is 0 Å². The van der Waals surface area contributed by atoms with Crippen molar-refractivity contribution in [1.82, 2.24) is 9.97 Å². The molecule has 0 fully saturated rings. The first-order chi connectivity index (χ1) is 19.4. The fourth-order valence-electron chi connectivity index (χ4n) is 5.20. The van der Waals surface area contributed by atoms with Crippen LogP contribution in [0, 0.1) is 26.0 Å². The van der Waals surface area contributed by atoms with Crippen molar-refractivity contribution in [2.75, 3.05) is 0 Å². The summed E-state index contributed by atoms with van der Waals surface area (Å²) in [5, 5.41) is 3.82. The molecule has 3 nitrogen and oxygen atoms in total. The molecule has 0 amide bonds. The molecule has 0 aliphatic carbocycles. The zero-order valence-corrected chi connectivity index (χ0v) is 29.1. The minimum atomic E-state index is -1.56. The van der Waals surface area contributed by atoms with Gasteiger partial charge in [-0.25, -0.2) is 0 Å². The van der Waals surface area contributed by atoms with E-state index in [1.807, 2.05) is 55.7 Å². The molecule has 0 aliphatic heterocycles. The second-order valence-corrected chi connectivity index (χ2v) is 17.8. The number of aromatic nitrogens is 2. The second kappa shape index (κ2) is 12.5. The summed E-state index contributed by atoms with van der Waals surface area (Å²) >= 11 is 0. The molecular formula is C37H38IrN2OSi-2. The summed E-state index contributed by atoms with van der Waals surface area (Å²) in [5.74, 6) is 0. The predicted octanol–water partition coefficient (Wildman–Crippen LogP) is 9.45. The number of para-hydroxylation sites is 1. The van der Waals surface area contributed by atoms with Crippen molar-refractivity contribution < 1.29 is 24.5 Å². The van der Waals surface area contributed by atoms with Gasteiger partial charge in [0, 0.05) is 46.0 Å². The minimum absolute atomic E-state index is 0. The van der Waals surface area contributed by atoms with E-state index < -0.39 is 8.07 Å². The Morgan fingerprint density at radius 3 is 2.17 bits per heavy atom. The quantitative estimate of drug-likeness (QED) is 0.134. The number of aryl methyl sites for hydroxylation is 2. The van der Waals surface area contributed by atoms with Crippen LogP contribution in [0.15, 0.2) is 89.6 Å². The third kappa shape index (κ3) is 6.65.